The minimum Gasteiger partial charge on any atom is -0.384 e. The Morgan fingerprint density at radius 3 is 2.55 bits per heavy atom. The number of anilines is 1. The molecule has 0 aliphatic heterocycles. The van der Waals surface area contributed by atoms with E-state index in [9.17, 15) is 0 Å². The van der Waals surface area contributed by atoms with Gasteiger partial charge in [-0.25, -0.2) is 4.98 Å². The molecule has 0 bridgehead atoms. The number of hydrogen-bond donors (Lipinski definition) is 1. The van der Waals surface area contributed by atoms with Gasteiger partial charge in [0.05, 0.1) is 0 Å². The minimum absolute atomic E-state index is 0.520. The summed E-state index contributed by atoms with van der Waals surface area (Å²) in [6, 6.07) is 5.85. The first-order valence-corrected chi connectivity index (χ1v) is 6.84. The van der Waals surface area contributed by atoms with Crippen molar-refractivity contribution in [1.82, 2.24) is 9.97 Å². The summed E-state index contributed by atoms with van der Waals surface area (Å²) in [5.41, 5.74) is 11.4. The van der Waals surface area contributed by atoms with E-state index in [-0.39, 0.29) is 0 Å². The van der Waals surface area contributed by atoms with Gasteiger partial charge in [0, 0.05) is 29.2 Å². The monoisotopic (exact) mass is 267 g/mol. The standard InChI is InChI=1S/C17H21N3/c1-11(2)12(3)9-16-13(4)19-8-7-15(16)14-5-6-17(18)20-10-14/h5-11H,1-4H3,(H2,18,20)/b12-9+. The number of nitrogen functional groups attached to an aromatic ring is 1. The van der Waals surface area contributed by atoms with Crippen LogP contribution in [0.15, 0.2) is 36.2 Å². The molecule has 0 unspecified atom stereocenters. The summed E-state index contributed by atoms with van der Waals surface area (Å²) in [7, 11) is 0. The zero-order valence-electron chi connectivity index (χ0n) is 12.5. The molecule has 2 N–H and O–H groups in total. The second-order valence-electron chi connectivity index (χ2n) is 5.37. The van der Waals surface area contributed by atoms with Crippen LogP contribution in [0.2, 0.25) is 0 Å². The van der Waals surface area contributed by atoms with Gasteiger partial charge in [-0.2, -0.15) is 0 Å². The average molecular weight is 267 g/mol. The molecule has 2 aromatic rings. The van der Waals surface area contributed by atoms with E-state index in [4.69, 9.17) is 5.73 Å². The van der Waals surface area contributed by atoms with Crippen LogP contribution in [0.1, 0.15) is 32.0 Å². The molecule has 0 saturated heterocycles. The van der Waals surface area contributed by atoms with Crippen molar-refractivity contribution in [2.45, 2.75) is 27.7 Å². The van der Waals surface area contributed by atoms with Crippen molar-refractivity contribution in [3.8, 4) is 11.1 Å². The molecule has 0 spiro atoms. The molecular formula is C17H21N3. The SMILES string of the molecule is C/C(=C\c1c(-c2ccc(N)nc2)ccnc1C)C(C)C. The van der Waals surface area contributed by atoms with Gasteiger partial charge in [0.15, 0.2) is 0 Å². The highest BCUT2D eigenvalue weighted by Crippen LogP contribution is 2.28. The molecule has 0 aliphatic carbocycles. The maximum atomic E-state index is 5.66. The summed E-state index contributed by atoms with van der Waals surface area (Å²) >= 11 is 0. The lowest BCUT2D eigenvalue weighted by Crippen LogP contribution is -1.95. The number of rotatable bonds is 3. The summed E-state index contributed by atoms with van der Waals surface area (Å²) in [6.45, 7) is 8.58. The van der Waals surface area contributed by atoms with Gasteiger partial charge >= 0.3 is 0 Å². The van der Waals surface area contributed by atoms with Crippen LogP contribution in [0.4, 0.5) is 5.82 Å². The third kappa shape index (κ3) is 3.05. The van der Waals surface area contributed by atoms with Crippen LogP contribution in [0.3, 0.4) is 0 Å². The smallest absolute Gasteiger partial charge is 0.123 e. The molecule has 0 amide bonds. The summed E-state index contributed by atoms with van der Waals surface area (Å²) < 4.78 is 0. The predicted molar refractivity (Wildman–Crippen MR) is 85.1 cm³/mol. The van der Waals surface area contributed by atoms with Crippen LogP contribution in [-0.2, 0) is 0 Å². The maximum Gasteiger partial charge on any atom is 0.123 e. The Balaban J connectivity index is 2.57. The Kier molecular flexibility index (Phi) is 4.18. The highest BCUT2D eigenvalue weighted by atomic mass is 14.8. The van der Waals surface area contributed by atoms with Gasteiger partial charge in [0.2, 0.25) is 0 Å². The van der Waals surface area contributed by atoms with E-state index in [1.807, 2.05) is 37.5 Å². The Morgan fingerprint density at radius 1 is 1.20 bits per heavy atom. The quantitative estimate of drug-likeness (QED) is 0.911. The molecule has 0 fully saturated rings. The van der Waals surface area contributed by atoms with Gasteiger partial charge in [-0.3, -0.25) is 4.98 Å². The van der Waals surface area contributed by atoms with E-state index in [0.717, 1.165) is 22.4 Å². The molecule has 2 aromatic heterocycles. The van der Waals surface area contributed by atoms with Crippen LogP contribution in [0, 0.1) is 12.8 Å². The summed E-state index contributed by atoms with van der Waals surface area (Å²) in [5.74, 6) is 1.06. The van der Waals surface area contributed by atoms with Crippen LogP contribution in [-0.4, -0.2) is 9.97 Å². The molecule has 2 heterocycles. The number of allylic oxidation sites excluding steroid dienone is 1. The first-order chi connectivity index (χ1) is 9.49. The van der Waals surface area contributed by atoms with E-state index >= 15 is 0 Å². The topological polar surface area (TPSA) is 51.8 Å². The highest BCUT2D eigenvalue weighted by Gasteiger charge is 2.08. The minimum atomic E-state index is 0.520. The molecule has 0 atom stereocenters. The van der Waals surface area contributed by atoms with E-state index in [1.165, 1.54) is 5.57 Å². The van der Waals surface area contributed by atoms with Crippen LogP contribution in [0.5, 0.6) is 0 Å². The van der Waals surface area contributed by atoms with Crippen molar-refractivity contribution in [3.05, 3.63) is 47.4 Å². The Labute approximate surface area is 120 Å². The predicted octanol–water partition coefficient (Wildman–Crippen LogP) is 4.09. The number of hydrogen-bond acceptors (Lipinski definition) is 3. The number of nitrogens with two attached hydrogens (primary N) is 1. The number of aryl methyl sites for hydroxylation is 1. The molecule has 0 saturated carbocycles. The molecule has 0 aromatic carbocycles. The third-order valence-electron chi connectivity index (χ3n) is 3.57. The fourth-order valence-corrected chi connectivity index (χ4v) is 1.97. The van der Waals surface area contributed by atoms with Gasteiger partial charge in [-0.15, -0.1) is 0 Å². The Morgan fingerprint density at radius 2 is 1.95 bits per heavy atom. The van der Waals surface area contributed by atoms with E-state index in [2.05, 4.69) is 36.8 Å². The second-order valence-corrected chi connectivity index (χ2v) is 5.37. The first kappa shape index (κ1) is 14.3. The van der Waals surface area contributed by atoms with E-state index in [0.29, 0.717) is 11.7 Å². The van der Waals surface area contributed by atoms with Gasteiger partial charge < -0.3 is 5.73 Å². The van der Waals surface area contributed by atoms with Crippen molar-refractivity contribution < 1.29 is 0 Å². The van der Waals surface area contributed by atoms with Gasteiger partial charge in [-0.1, -0.05) is 25.5 Å². The first-order valence-electron chi connectivity index (χ1n) is 6.84. The lowest BCUT2D eigenvalue weighted by molar-refractivity contribution is 0.775. The van der Waals surface area contributed by atoms with Crippen molar-refractivity contribution in [2.75, 3.05) is 5.73 Å². The largest absolute Gasteiger partial charge is 0.384 e. The zero-order chi connectivity index (χ0) is 14.7. The van der Waals surface area contributed by atoms with Crippen molar-refractivity contribution in [2.24, 2.45) is 5.92 Å². The maximum absolute atomic E-state index is 5.66. The number of nitrogens with zero attached hydrogens (tertiary/aromatic N) is 2. The zero-order valence-corrected chi connectivity index (χ0v) is 12.5. The van der Waals surface area contributed by atoms with Crippen molar-refractivity contribution in [3.63, 3.8) is 0 Å². The molecule has 0 radical (unpaired) electrons. The second kappa shape index (κ2) is 5.87. The van der Waals surface area contributed by atoms with Crippen molar-refractivity contribution in [1.29, 1.82) is 0 Å². The molecule has 2 rings (SSSR count). The molecule has 3 nitrogen and oxygen atoms in total. The van der Waals surface area contributed by atoms with E-state index < -0.39 is 0 Å². The number of pyridine rings is 2. The van der Waals surface area contributed by atoms with E-state index in [1.54, 1.807) is 0 Å². The molecular weight excluding hydrogens is 246 g/mol. The molecule has 3 heteroatoms. The highest BCUT2D eigenvalue weighted by molar-refractivity contribution is 5.76. The average Bonchev–Trinajstić information content (AvgIpc) is 2.42. The third-order valence-corrected chi connectivity index (χ3v) is 3.57. The Bertz CT molecular complexity index is 625. The summed E-state index contributed by atoms with van der Waals surface area (Å²) in [6.07, 6.45) is 5.87. The van der Waals surface area contributed by atoms with Crippen LogP contribution >= 0.6 is 0 Å². The lowest BCUT2D eigenvalue weighted by atomic mass is 9.96. The van der Waals surface area contributed by atoms with Gasteiger partial charge in [0.25, 0.3) is 0 Å². The normalized spacial score (nSPS) is 11.9. The molecule has 20 heavy (non-hydrogen) atoms. The van der Waals surface area contributed by atoms with Gasteiger partial charge in [0.1, 0.15) is 5.82 Å². The van der Waals surface area contributed by atoms with Gasteiger partial charge in [-0.05, 0) is 43.5 Å². The van der Waals surface area contributed by atoms with Crippen molar-refractivity contribution >= 4 is 11.9 Å². The molecule has 104 valence electrons. The van der Waals surface area contributed by atoms with Crippen LogP contribution in [0.25, 0.3) is 17.2 Å². The Hall–Kier alpha value is -2.16. The van der Waals surface area contributed by atoms with Crippen LogP contribution < -0.4 is 5.73 Å². The fourth-order valence-electron chi connectivity index (χ4n) is 1.97. The summed E-state index contributed by atoms with van der Waals surface area (Å²) in [5, 5.41) is 0. The molecule has 0 aliphatic rings. The fraction of sp³-hybridized carbons (Fsp3) is 0.294. The summed E-state index contributed by atoms with van der Waals surface area (Å²) in [4.78, 5) is 8.58. The number of aromatic nitrogens is 2. The lowest BCUT2D eigenvalue weighted by Gasteiger charge is -2.12.